The van der Waals surface area contributed by atoms with Gasteiger partial charge in [-0.15, -0.1) is 0 Å². The van der Waals surface area contributed by atoms with Gasteiger partial charge in [-0.25, -0.2) is 0 Å². The fourth-order valence-corrected chi connectivity index (χ4v) is 2.91. The molecule has 0 aliphatic rings. The maximum absolute atomic E-state index is 12.4. The summed E-state index contributed by atoms with van der Waals surface area (Å²) in [6.45, 7) is 5.43. The largest absolute Gasteiger partial charge is 0.491 e. The first-order chi connectivity index (χ1) is 14.9. The topological polar surface area (TPSA) is 88.7 Å². The lowest BCUT2D eigenvalue weighted by atomic mass is 10.2. The molecule has 2 aromatic carbocycles. The van der Waals surface area contributed by atoms with Crippen molar-refractivity contribution in [1.29, 1.82) is 0 Å². The molecule has 0 saturated heterocycles. The van der Waals surface area contributed by atoms with Crippen LogP contribution in [-0.4, -0.2) is 36.7 Å². The summed E-state index contributed by atoms with van der Waals surface area (Å²) in [6.07, 6.45) is 1.18. The summed E-state index contributed by atoms with van der Waals surface area (Å²) in [5.41, 5.74) is 1.48. The first-order valence-electron chi connectivity index (χ1n) is 9.95. The Morgan fingerprint density at radius 1 is 1.03 bits per heavy atom. The SMILES string of the molecule is CCCC(=O)Nc1ccc(Cl)c(NC(=S)NC(=O)c2ccc(OCCOCC)cc2)c1. The van der Waals surface area contributed by atoms with Crippen LogP contribution in [0.3, 0.4) is 0 Å². The lowest BCUT2D eigenvalue weighted by Gasteiger charge is -2.13. The normalized spacial score (nSPS) is 10.3. The standard InChI is InChI=1S/C22H26ClN3O4S/c1-3-5-20(27)24-16-8-11-18(23)19(14-16)25-22(31)26-21(28)15-6-9-17(10-7-15)30-13-12-29-4-2/h6-11,14H,3-5,12-13H2,1-2H3,(H,24,27)(H2,25,26,28,31). The number of benzene rings is 2. The Bertz CT molecular complexity index is 906. The van der Waals surface area contributed by atoms with Crippen molar-refractivity contribution < 1.29 is 19.1 Å². The zero-order valence-electron chi connectivity index (χ0n) is 17.5. The second kappa shape index (κ2) is 12.9. The van der Waals surface area contributed by atoms with Crippen molar-refractivity contribution in [2.75, 3.05) is 30.5 Å². The highest BCUT2D eigenvalue weighted by atomic mass is 35.5. The summed E-state index contributed by atoms with van der Waals surface area (Å²) >= 11 is 11.4. The third-order valence-corrected chi connectivity index (χ3v) is 4.55. The van der Waals surface area contributed by atoms with Crippen molar-refractivity contribution in [3.8, 4) is 5.75 Å². The van der Waals surface area contributed by atoms with E-state index < -0.39 is 0 Å². The highest BCUT2D eigenvalue weighted by molar-refractivity contribution is 7.80. The number of hydrogen-bond acceptors (Lipinski definition) is 5. The molecule has 9 heteroatoms. The molecule has 2 rings (SSSR count). The van der Waals surface area contributed by atoms with E-state index >= 15 is 0 Å². The number of carbonyl (C=O) groups excluding carboxylic acids is 2. The van der Waals surface area contributed by atoms with Crippen molar-refractivity contribution in [1.82, 2.24) is 5.32 Å². The molecule has 0 radical (unpaired) electrons. The number of halogens is 1. The molecule has 31 heavy (non-hydrogen) atoms. The molecule has 0 aromatic heterocycles. The fourth-order valence-electron chi connectivity index (χ4n) is 2.54. The van der Waals surface area contributed by atoms with Crippen LogP contribution in [0.15, 0.2) is 42.5 Å². The smallest absolute Gasteiger partial charge is 0.257 e. The van der Waals surface area contributed by atoms with Gasteiger partial charge < -0.3 is 20.1 Å². The van der Waals surface area contributed by atoms with Gasteiger partial charge >= 0.3 is 0 Å². The van der Waals surface area contributed by atoms with Gasteiger partial charge in [-0.1, -0.05) is 18.5 Å². The van der Waals surface area contributed by atoms with Crippen LogP contribution in [0, 0.1) is 0 Å². The third-order valence-electron chi connectivity index (χ3n) is 4.02. The second-order valence-electron chi connectivity index (χ2n) is 6.47. The molecule has 0 aliphatic heterocycles. The number of hydrogen-bond donors (Lipinski definition) is 3. The maximum Gasteiger partial charge on any atom is 0.257 e. The Hall–Kier alpha value is -2.68. The van der Waals surface area contributed by atoms with Gasteiger partial charge in [0.15, 0.2) is 5.11 Å². The molecule has 0 heterocycles. The number of amides is 2. The van der Waals surface area contributed by atoms with Crippen LogP contribution in [0.1, 0.15) is 37.0 Å². The summed E-state index contributed by atoms with van der Waals surface area (Å²) in [6, 6.07) is 11.7. The van der Waals surface area contributed by atoms with Crippen molar-refractivity contribution in [2.45, 2.75) is 26.7 Å². The average molecular weight is 464 g/mol. The summed E-state index contributed by atoms with van der Waals surface area (Å²) in [7, 11) is 0. The van der Waals surface area contributed by atoms with Crippen molar-refractivity contribution in [3.05, 3.63) is 53.1 Å². The Balaban J connectivity index is 1.91. The van der Waals surface area contributed by atoms with Crippen LogP contribution in [0.2, 0.25) is 5.02 Å². The van der Waals surface area contributed by atoms with Gasteiger partial charge in [-0.3, -0.25) is 14.9 Å². The van der Waals surface area contributed by atoms with Gasteiger partial charge in [-0.2, -0.15) is 0 Å². The minimum atomic E-state index is -0.373. The average Bonchev–Trinajstić information content (AvgIpc) is 2.74. The summed E-state index contributed by atoms with van der Waals surface area (Å²) in [5, 5.41) is 8.77. The van der Waals surface area contributed by atoms with E-state index in [-0.39, 0.29) is 16.9 Å². The Morgan fingerprint density at radius 3 is 2.45 bits per heavy atom. The van der Waals surface area contributed by atoms with Crippen LogP contribution in [0.5, 0.6) is 5.75 Å². The molecular weight excluding hydrogens is 438 g/mol. The van der Waals surface area contributed by atoms with E-state index in [1.165, 1.54) is 0 Å². The molecule has 3 N–H and O–H groups in total. The molecule has 2 amide bonds. The zero-order valence-corrected chi connectivity index (χ0v) is 19.1. The number of nitrogens with one attached hydrogen (secondary N) is 3. The number of carbonyl (C=O) groups is 2. The summed E-state index contributed by atoms with van der Waals surface area (Å²) < 4.78 is 10.7. The molecule has 0 aliphatic carbocycles. The molecular formula is C22H26ClN3O4S. The van der Waals surface area contributed by atoms with Crippen molar-refractivity contribution >= 4 is 52.1 Å². The van der Waals surface area contributed by atoms with Crippen LogP contribution in [-0.2, 0) is 9.53 Å². The number of rotatable bonds is 10. The molecule has 2 aromatic rings. The third kappa shape index (κ3) is 8.53. The van der Waals surface area contributed by atoms with Crippen LogP contribution in [0.25, 0.3) is 0 Å². The first-order valence-corrected chi connectivity index (χ1v) is 10.7. The van der Waals surface area contributed by atoms with E-state index in [1.54, 1.807) is 42.5 Å². The second-order valence-corrected chi connectivity index (χ2v) is 7.29. The van der Waals surface area contributed by atoms with E-state index in [9.17, 15) is 9.59 Å². The molecule has 7 nitrogen and oxygen atoms in total. The summed E-state index contributed by atoms with van der Waals surface area (Å²) in [4.78, 5) is 24.2. The van der Waals surface area contributed by atoms with Crippen LogP contribution in [0.4, 0.5) is 11.4 Å². The van der Waals surface area contributed by atoms with Gasteiger partial charge in [0.1, 0.15) is 12.4 Å². The van der Waals surface area contributed by atoms with Gasteiger partial charge in [0, 0.05) is 24.3 Å². The predicted molar refractivity (Wildman–Crippen MR) is 127 cm³/mol. The number of thiocarbonyl (C=S) groups is 1. The highest BCUT2D eigenvalue weighted by Crippen LogP contribution is 2.25. The lowest BCUT2D eigenvalue weighted by molar-refractivity contribution is -0.116. The molecule has 0 bridgehead atoms. The Labute approximate surface area is 192 Å². The minimum absolute atomic E-state index is 0.0842. The van der Waals surface area contributed by atoms with Gasteiger partial charge in [0.05, 0.1) is 17.3 Å². The van der Waals surface area contributed by atoms with Gasteiger partial charge in [-0.05, 0) is 68.0 Å². The number of ether oxygens (including phenoxy) is 2. The van der Waals surface area contributed by atoms with E-state index in [0.29, 0.717) is 54.0 Å². The van der Waals surface area contributed by atoms with E-state index in [2.05, 4.69) is 16.0 Å². The summed E-state index contributed by atoms with van der Waals surface area (Å²) in [5.74, 6) is 0.185. The minimum Gasteiger partial charge on any atom is -0.491 e. The van der Waals surface area contributed by atoms with Gasteiger partial charge in [0.2, 0.25) is 5.91 Å². The number of anilines is 2. The molecule has 166 valence electrons. The van der Waals surface area contributed by atoms with E-state index in [4.69, 9.17) is 33.3 Å². The first kappa shape index (κ1) is 24.6. The monoisotopic (exact) mass is 463 g/mol. The van der Waals surface area contributed by atoms with Crippen molar-refractivity contribution in [2.24, 2.45) is 0 Å². The van der Waals surface area contributed by atoms with Crippen molar-refractivity contribution in [3.63, 3.8) is 0 Å². The lowest BCUT2D eigenvalue weighted by Crippen LogP contribution is -2.34. The van der Waals surface area contributed by atoms with Crippen LogP contribution >= 0.6 is 23.8 Å². The molecule has 0 spiro atoms. The van der Waals surface area contributed by atoms with Gasteiger partial charge in [0.25, 0.3) is 5.91 Å². The predicted octanol–water partition coefficient (Wildman–Crippen LogP) is 4.62. The Kier molecular flexibility index (Phi) is 10.2. The molecule has 0 fully saturated rings. The fraction of sp³-hybridized carbons (Fsp3) is 0.318. The maximum atomic E-state index is 12.4. The zero-order chi connectivity index (χ0) is 22.6. The molecule has 0 atom stereocenters. The highest BCUT2D eigenvalue weighted by Gasteiger charge is 2.11. The molecule has 0 saturated carbocycles. The van der Waals surface area contributed by atoms with E-state index in [0.717, 1.165) is 6.42 Å². The quantitative estimate of drug-likeness (QED) is 0.352. The molecule has 0 unspecified atom stereocenters. The Morgan fingerprint density at radius 2 is 1.77 bits per heavy atom. The van der Waals surface area contributed by atoms with Crippen LogP contribution < -0.4 is 20.7 Å². The van der Waals surface area contributed by atoms with E-state index in [1.807, 2.05) is 13.8 Å².